The molecule has 0 amide bonds. The van der Waals surface area contributed by atoms with E-state index in [1.807, 2.05) is 25.1 Å². The lowest BCUT2D eigenvalue weighted by molar-refractivity contribution is -0.0785. The van der Waals surface area contributed by atoms with Gasteiger partial charge in [0.15, 0.2) is 5.44 Å². The molecule has 0 radical (unpaired) electrons. The third-order valence-corrected chi connectivity index (χ3v) is 4.89. The first kappa shape index (κ1) is 16.2. The molecule has 23 heavy (non-hydrogen) atoms. The fourth-order valence-electron chi connectivity index (χ4n) is 2.36. The van der Waals surface area contributed by atoms with E-state index in [0.717, 1.165) is 11.3 Å². The molecule has 7 heteroatoms. The molecule has 1 fully saturated rings. The van der Waals surface area contributed by atoms with Gasteiger partial charge in [-0.2, -0.15) is 0 Å². The maximum absolute atomic E-state index is 10.1. The molecule has 0 spiro atoms. The molecule has 0 unspecified atom stereocenters. The molecule has 122 valence electrons. The van der Waals surface area contributed by atoms with Crippen molar-refractivity contribution in [2.75, 3.05) is 5.75 Å². The standard InChI is InChI=1S/C16H18N2O4S/c1-9-2-3-12(13(18-9)10-4-6-17-7-5-10)22-16-15(21)14(20)11(19)8-23-16/h2-7,11,14-16,19-21H,8H2,1H3/t11-,14+,15-,16+/m1/s1. The van der Waals surface area contributed by atoms with Crippen LogP contribution in [0.2, 0.25) is 0 Å². The van der Waals surface area contributed by atoms with Gasteiger partial charge in [-0.25, -0.2) is 4.98 Å². The Morgan fingerprint density at radius 3 is 2.57 bits per heavy atom. The van der Waals surface area contributed by atoms with Crippen LogP contribution >= 0.6 is 11.8 Å². The smallest absolute Gasteiger partial charge is 0.173 e. The molecule has 0 saturated carbocycles. The predicted octanol–water partition coefficient (Wildman–Crippen LogP) is 0.986. The first-order valence-electron chi connectivity index (χ1n) is 7.27. The second-order valence-corrected chi connectivity index (χ2v) is 6.53. The minimum absolute atomic E-state index is 0.298. The van der Waals surface area contributed by atoms with Gasteiger partial charge < -0.3 is 20.1 Å². The highest BCUT2D eigenvalue weighted by Gasteiger charge is 2.38. The Balaban J connectivity index is 1.89. The number of hydrogen-bond acceptors (Lipinski definition) is 7. The van der Waals surface area contributed by atoms with Gasteiger partial charge in [0.2, 0.25) is 0 Å². The zero-order chi connectivity index (χ0) is 16.4. The summed E-state index contributed by atoms with van der Waals surface area (Å²) < 4.78 is 5.89. The molecular weight excluding hydrogens is 316 g/mol. The van der Waals surface area contributed by atoms with Gasteiger partial charge in [0, 0.05) is 29.4 Å². The zero-order valence-corrected chi connectivity index (χ0v) is 13.3. The number of hydrogen-bond donors (Lipinski definition) is 3. The van der Waals surface area contributed by atoms with Crippen LogP contribution in [0, 0.1) is 6.92 Å². The highest BCUT2D eigenvalue weighted by Crippen LogP contribution is 2.34. The number of aromatic nitrogens is 2. The summed E-state index contributed by atoms with van der Waals surface area (Å²) in [6.45, 7) is 1.89. The Bertz CT molecular complexity index is 670. The number of aliphatic hydroxyl groups excluding tert-OH is 3. The van der Waals surface area contributed by atoms with Crippen LogP contribution in [0.3, 0.4) is 0 Å². The van der Waals surface area contributed by atoms with Crippen LogP contribution in [0.25, 0.3) is 11.3 Å². The van der Waals surface area contributed by atoms with Gasteiger partial charge in [0.05, 0.1) is 6.10 Å². The van der Waals surface area contributed by atoms with Crippen molar-refractivity contribution in [3.63, 3.8) is 0 Å². The molecule has 2 aromatic rings. The van der Waals surface area contributed by atoms with E-state index in [0.29, 0.717) is 17.2 Å². The SMILES string of the molecule is Cc1ccc(O[C@H]2SC[C@@H](O)[C@H](O)[C@H]2O)c(-c2ccncc2)n1. The van der Waals surface area contributed by atoms with Gasteiger partial charge in [0.25, 0.3) is 0 Å². The Hall–Kier alpha value is -1.67. The van der Waals surface area contributed by atoms with E-state index in [-0.39, 0.29) is 0 Å². The number of aliphatic hydroxyl groups is 3. The van der Waals surface area contributed by atoms with E-state index < -0.39 is 23.7 Å². The molecule has 6 nitrogen and oxygen atoms in total. The fraction of sp³-hybridized carbons (Fsp3) is 0.375. The number of ether oxygens (including phenoxy) is 1. The number of rotatable bonds is 3. The minimum Gasteiger partial charge on any atom is -0.475 e. The molecule has 1 saturated heterocycles. The second-order valence-electron chi connectivity index (χ2n) is 5.40. The molecule has 0 aliphatic carbocycles. The monoisotopic (exact) mass is 334 g/mol. The first-order chi connectivity index (χ1) is 11.1. The molecular formula is C16H18N2O4S. The average Bonchev–Trinajstić information content (AvgIpc) is 2.57. The van der Waals surface area contributed by atoms with Crippen LogP contribution in [-0.2, 0) is 0 Å². The number of aryl methyl sites for hydroxylation is 1. The van der Waals surface area contributed by atoms with Crippen molar-refractivity contribution in [3.8, 4) is 17.0 Å². The normalized spacial score (nSPS) is 27.7. The van der Waals surface area contributed by atoms with Crippen molar-refractivity contribution in [2.45, 2.75) is 30.7 Å². The molecule has 2 aromatic heterocycles. The lowest BCUT2D eigenvalue weighted by Crippen LogP contribution is -2.50. The van der Waals surface area contributed by atoms with Crippen molar-refractivity contribution in [2.24, 2.45) is 0 Å². The van der Waals surface area contributed by atoms with Gasteiger partial charge in [-0.3, -0.25) is 4.98 Å². The summed E-state index contributed by atoms with van der Waals surface area (Å²) in [5.74, 6) is 0.814. The van der Waals surface area contributed by atoms with E-state index >= 15 is 0 Å². The lowest BCUT2D eigenvalue weighted by atomic mass is 10.1. The van der Waals surface area contributed by atoms with Gasteiger partial charge >= 0.3 is 0 Å². The van der Waals surface area contributed by atoms with Crippen LogP contribution in [-0.4, -0.2) is 54.8 Å². The van der Waals surface area contributed by atoms with Gasteiger partial charge in [0.1, 0.15) is 23.7 Å². The minimum atomic E-state index is -1.22. The van der Waals surface area contributed by atoms with Crippen LogP contribution in [0.1, 0.15) is 5.69 Å². The van der Waals surface area contributed by atoms with E-state index in [2.05, 4.69) is 9.97 Å². The van der Waals surface area contributed by atoms with E-state index in [9.17, 15) is 15.3 Å². The summed E-state index contributed by atoms with van der Waals surface area (Å²) in [7, 11) is 0. The van der Waals surface area contributed by atoms with E-state index in [1.54, 1.807) is 18.5 Å². The van der Waals surface area contributed by atoms with Crippen molar-refractivity contribution in [3.05, 3.63) is 42.4 Å². The summed E-state index contributed by atoms with van der Waals surface area (Å²) in [6, 6.07) is 7.28. The van der Waals surface area contributed by atoms with Gasteiger partial charge in [-0.05, 0) is 31.2 Å². The summed E-state index contributed by atoms with van der Waals surface area (Å²) in [4.78, 5) is 8.51. The largest absolute Gasteiger partial charge is 0.475 e. The van der Waals surface area contributed by atoms with Crippen LogP contribution in [0.5, 0.6) is 5.75 Å². The van der Waals surface area contributed by atoms with E-state index in [4.69, 9.17) is 4.74 Å². The molecule has 3 heterocycles. The Morgan fingerprint density at radius 1 is 1.09 bits per heavy atom. The fourth-order valence-corrected chi connectivity index (χ4v) is 3.48. The van der Waals surface area contributed by atoms with Crippen molar-refractivity contribution in [1.82, 2.24) is 9.97 Å². The van der Waals surface area contributed by atoms with Crippen LogP contribution < -0.4 is 4.74 Å². The van der Waals surface area contributed by atoms with E-state index in [1.165, 1.54) is 11.8 Å². The summed E-state index contributed by atoms with van der Waals surface area (Å²) in [5, 5.41) is 29.5. The highest BCUT2D eigenvalue weighted by atomic mass is 32.2. The molecule has 1 aliphatic rings. The third-order valence-electron chi connectivity index (χ3n) is 3.65. The molecule has 1 aliphatic heterocycles. The molecule has 3 rings (SSSR count). The molecule has 0 bridgehead atoms. The molecule has 0 aromatic carbocycles. The Morgan fingerprint density at radius 2 is 1.83 bits per heavy atom. The summed E-state index contributed by atoms with van der Waals surface area (Å²) in [5.41, 5.74) is 1.69. The highest BCUT2D eigenvalue weighted by molar-refractivity contribution is 7.99. The maximum Gasteiger partial charge on any atom is 0.173 e. The average molecular weight is 334 g/mol. The second kappa shape index (κ2) is 6.84. The Labute approximate surface area is 138 Å². The third kappa shape index (κ3) is 3.48. The maximum atomic E-state index is 10.1. The molecule has 3 N–H and O–H groups in total. The van der Waals surface area contributed by atoms with Crippen LogP contribution in [0.15, 0.2) is 36.7 Å². The van der Waals surface area contributed by atoms with Crippen molar-refractivity contribution >= 4 is 11.8 Å². The quantitative estimate of drug-likeness (QED) is 0.770. The summed E-state index contributed by atoms with van der Waals surface area (Å²) in [6.07, 6.45) is 0.00555. The van der Waals surface area contributed by atoms with Gasteiger partial charge in [-0.15, -0.1) is 11.8 Å². The predicted molar refractivity (Wildman–Crippen MR) is 87.1 cm³/mol. The summed E-state index contributed by atoms with van der Waals surface area (Å²) >= 11 is 1.26. The first-order valence-corrected chi connectivity index (χ1v) is 8.31. The van der Waals surface area contributed by atoms with Crippen LogP contribution in [0.4, 0.5) is 0 Å². The topological polar surface area (TPSA) is 95.7 Å². The van der Waals surface area contributed by atoms with Gasteiger partial charge in [-0.1, -0.05) is 0 Å². The lowest BCUT2D eigenvalue weighted by Gasteiger charge is -2.34. The van der Waals surface area contributed by atoms with Crippen molar-refractivity contribution in [1.29, 1.82) is 0 Å². The number of pyridine rings is 2. The molecule has 4 atom stereocenters. The number of nitrogens with zero attached hydrogens (tertiary/aromatic N) is 2. The zero-order valence-electron chi connectivity index (χ0n) is 12.5. The van der Waals surface area contributed by atoms with Crippen molar-refractivity contribution < 1.29 is 20.1 Å². The Kier molecular flexibility index (Phi) is 4.82. The number of thioether (sulfide) groups is 1.